The molecule has 172 valence electrons. The molecule has 1 aliphatic carbocycles. The fraction of sp³-hybridized carbons (Fsp3) is 0.500. The average molecular weight is 435 g/mol. The second-order valence-electron chi connectivity index (χ2n) is 9.03. The van der Waals surface area contributed by atoms with Crippen LogP contribution < -0.4 is 5.32 Å². The fourth-order valence-corrected chi connectivity index (χ4v) is 4.59. The number of amides is 2. The van der Waals surface area contributed by atoms with Crippen LogP contribution in [0.4, 0.5) is 0 Å². The maximum absolute atomic E-state index is 13.4. The van der Waals surface area contributed by atoms with Gasteiger partial charge in [0.1, 0.15) is 6.04 Å². The molecule has 1 aliphatic rings. The van der Waals surface area contributed by atoms with Crippen LogP contribution in [0.25, 0.3) is 0 Å². The lowest BCUT2D eigenvalue weighted by molar-refractivity contribution is -0.141. The van der Waals surface area contributed by atoms with E-state index in [0.717, 1.165) is 36.0 Å². The number of benzene rings is 2. The highest BCUT2D eigenvalue weighted by molar-refractivity contribution is 5.88. The Hall–Kier alpha value is -2.62. The molecule has 1 saturated carbocycles. The quantitative estimate of drug-likeness (QED) is 0.547. The highest BCUT2D eigenvalue weighted by atomic mass is 16.2. The molecule has 32 heavy (non-hydrogen) atoms. The van der Waals surface area contributed by atoms with Gasteiger partial charge in [0.05, 0.1) is 0 Å². The van der Waals surface area contributed by atoms with Crippen molar-refractivity contribution in [2.45, 2.75) is 90.8 Å². The minimum atomic E-state index is -0.440. The Balaban J connectivity index is 1.75. The van der Waals surface area contributed by atoms with E-state index >= 15 is 0 Å². The maximum Gasteiger partial charge on any atom is 0.243 e. The smallest absolute Gasteiger partial charge is 0.243 e. The van der Waals surface area contributed by atoms with E-state index in [1.807, 2.05) is 24.0 Å². The molecule has 0 radical (unpaired) electrons. The summed E-state index contributed by atoms with van der Waals surface area (Å²) in [7, 11) is 0. The molecule has 2 amide bonds. The largest absolute Gasteiger partial charge is 0.352 e. The first-order valence-corrected chi connectivity index (χ1v) is 12.2. The molecule has 1 N–H and O–H groups in total. The standard InChI is InChI=1S/C28H38N2O2/c1-4-22-14-16-23(17-15-22)18-19-27(31)30(20-24-11-7-6-10-21(24)3)26(5-2)28(32)29-25-12-8-9-13-25/h6-7,10-11,14-17,25-26H,4-5,8-9,12-13,18-20H2,1-3H3,(H,29,32)/t26-/m1/s1. The number of rotatable bonds is 10. The van der Waals surface area contributed by atoms with Crippen LogP contribution in [0.3, 0.4) is 0 Å². The van der Waals surface area contributed by atoms with Crippen molar-refractivity contribution in [3.05, 3.63) is 70.8 Å². The van der Waals surface area contributed by atoms with Gasteiger partial charge in [0.2, 0.25) is 11.8 Å². The van der Waals surface area contributed by atoms with Crippen LogP contribution in [0, 0.1) is 6.92 Å². The van der Waals surface area contributed by atoms with Crippen LogP contribution in [0.15, 0.2) is 48.5 Å². The number of nitrogens with zero attached hydrogens (tertiary/aromatic N) is 1. The number of carbonyl (C=O) groups excluding carboxylic acids is 2. The molecule has 0 aliphatic heterocycles. The summed E-state index contributed by atoms with van der Waals surface area (Å²) >= 11 is 0. The zero-order chi connectivity index (χ0) is 22.9. The lowest BCUT2D eigenvalue weighted by Gasteiger charge is -2.32. The summed E-state index contributed by atoms with van der Waals surface area (Å²) in [5.41, 5.74) is 4.71. The van der Waals surface area contributed by atoms with Gasteiger partial charge >= 0.3 is 0 Å². The third kappa shape index (κ3) is 6.44. The fourth-order valence-electron chi connectivity index (χ4n) is 4.59. The highest BCUT2D eigenvalue weighted by Crippen LogP contribution is 2.21. The number of hydrogen-bond acceptors (Lipinski definition) is 2. The summed E-state index contributed by atoms with van der Waals surface area (Å²) in [5, 5.41) is 3.22. The van der Waals surface area contributed by atoms with E-state index in [9.17, 15) is 9.59 Å². The Morgan fingerprint density at radius 1 is 1.00 bits per heavy atom. The van der Waals surface area contributed by atoms with Crippen LogP contribution in [-0.2, 0) is 29.0 Å². The molecule has 3 rings (SSSR count). The van der Waals surface area contributed by atoms with E-state index in [4.69, 9.17) is 0 Å². The van der Waals surface area contributed by atoms with Crippen molar-refractivity contribution < 1.29 is 9.59 Å². The van der Waals surface area contributed by atoms with E-state index in [0.29, 0.717) is 25.8 Å². The Morgan fingerprint density at radius 2 is 1.66 bits per heavy atom. The molecule has 1 atom stereocenters. The molecule has 0 spiro atoms. The SMILES string of the molecule is CCc1ccc(CCC(=O)N(Cc2ccccc2C)[C@H](CC)C(=O)NC2CCCC2)cc1. The first kappa shape index (κ1) is 24.0. The summed E-state index contributed by atoms with van der Waals surface area (Å²) in [5.74, 6) is 0.0369. The van der Waals surface area contributed by atoms with Crippen LogP contribution in [-0.4, -0.2) is 28.8 Å². The van der Waals surface area contributed by atoms with Gasteiger partial charge in [-0.3, -0.25) is 9.59 Å². The van der Waals surface area contributed by atoms with Crippen molar-refractivity contribution in [2.75, 3.05) is 0 Å². The summed E-state index contributed by atoms with van der Waals surface area (Å²) in [6.07, 6.45) is 7.15. The molecule has 4 nitrogen and oxygen atoms in total. The van der Waals surface area contributed by atoms with Crippen molar-refractivity contribution in [2.24, 2.45) is 0 Å². The minimum absolute atomic E-state index is 0.00590. The summed E-state index contributed by atoms with van der Waals surface area (Å²) in [4.78, 5) is 28.4. The van der Waals surface area contributed by atoms with Crippen molar-refractivity contribution in [1.82, 2.24) is 10.2 Å². The molecule has 4 heteroatoms. The number of carbonyl (C=O) groups is 2. The molecule has 0 aromatic heterocycles. The van der Waals surface area contributed by atoms with Crippen molar-refractivity contribution >= 4 is 11.8 Å². The molecule has 0 unspecified atom stereocenters. The molecular formula is C28H38N2O2. The summed E-state index contributed by atoms with van der Waals surface area (Å²) in [6.45, 7) is 6.67. The molecule has 0 heterocycles. The molecule has 0 bridgehead atoms. The van der Waals surface area contributed by atoms with E-state index in [2.05, 4.69) is 55.6 Å². The minimum Gasteiger partial charge on any atom is -0.352 e. The monoisotopic (exact) mass is 434 g/mol. The van der Waals surface area contributed by atoms with Gasteiger partial charge in [-0.2, -0.15) is 0 Å². The number of hydrogen-bond donors (Lipinski definition) is 1. The number of nitrogens with one attached hydrogen (secondary N) is 1. The second-order valence-corrected chi connectivity index (χ2v) is 9.03. The predicted molar refractivity (Wildman–Crippen MR) is 130 cm³/mol. The third-order valence-electron chi connectivity index (χ3n) is 6.75. The normalized spacial score (nSPS) is 14.8. The van der Waals surface area contributed by atoms with Gasteiger partial charge < -0.3 is 10.2 Å². The number of aryl methyl sites for hydroxylation is 3. The maximum atomic E-state index is 13.4. The Bertz CT molecular complexity index is 885. The van der Waals surface area contributed by atoms with Crippen LogP contribution in [0.5, 0.6) is 0 Å². The predicted octanol–water partition coefficient (Wildman–Crippen LogP) is 5.36. The van der Waals surface area contributed by atoms with Crippen LogP contribution >= 0.6 is 0 Å². The van der Waals surface area contributed by atoms with Gasteiger partial charge in [0, 0.05) is 19.0 Å². The summed E-state index contributed by atoms with van der Waals surface area (Å²) in [6, 6.07) is 16.4. The van der Waals surface area contributed by atoms with Gasteiger partial charge in [-0.05, 0) is 61.3 Å². The van der Waals surface area contributed by atoms with Gasteiger partial charge in [-0.1, -0.05) is 75.2 Å². The average Bonchev–Trinajstić information content (AvgIpc) is 3.32. The molecule has 0 saturated heterocycles. The molecule has 2 aromatic carbocycles. The Morgan fingerprint density at radius 3 is 2.28 bits per heavy atom. The van der Waals surface area contributed by atoms with E-state index < -0.39 is 6.04 Å². The zero-order valence-electron chi connectivity index (χ0n) is 19.9. The van der Waals surface area contributed by atoms with Crippen molar-refractivity contribution in [3.63, 3.8) is 0 Å². The lowest BCUT2D eigenvalue weighted by atomic mass is 10.0. The van der Waals surface area contributed by atoms with E-state index in [1.54, 1.807) is 0 Å². The Labute approximate surface area is 193 Å². The first-order chi connectivity index (χ1) is 15.5. The second kappa shape index (κ2) is 11.8. The van der Waals surface area contributed by atoms with Gasteiger partial charge in [-0.15, -0.1) is 0 Å². The molecule has 2 aromatic rings. The lowest BCUT2D eigenvalue weighted by Crippen LogP contribution is -2.51. The summed E-state index contributed by atoms with van der Waals surface area (Å²) < 4.78 is 0. The Kier molecular flexibility index (Phi) is 8.90. The van der Waals surface area contributed by atoms with Gasteiger partial charge in [0.15, 0.2) is 0 Å². The van der Waals surface area contributed by atoms with E-state index in [1.165, 1.54) is 18.4 Å². The third-order valence-corrected chi connectivity index (χ3v) is 6.75. The van der Waals surface area contributed by atoms with Crippen molar-refractivity contribution in [3.8, 4) is 0 Å². The van der Waals surface area contributed by atoms with Gasteiger partial charge in [0.25, 0.3) is 0 Å². The molecule has 1 fully saturated rings. The van der Waals surface area contributed by atoms with Crippen molar-refractivity contribution in [1.29, 1.82) is 0 Å². The topological polar surface area (TPSA) is 49.4 Å². The zero-order valence-corrected chi connectivity index (χ0v) is 19.9. The van der Waals surface area contributed by atoms with Gasteiger partial charge in [-0.25, -0.2) is 0 Å². The van der Waals surface area contributed by atoms with E-state index in [-0.39, 0.29) is 17.9 Å². The first-order valence-electron chi connectivity index (χ1n) is 12.2. The highest BCUT2D eigenvalue weighted by Gasteiger charge is 2.30. The van der Waals surface area contributed by atoms with Crippen LogP contribution in [0.2, 0.25) is 0 Å². The van der Waals surface area contributed by atoms with Crippen LogP contribution in [0.1, 0.15) is 74.6 Å². The molecular weight excluding hydrogens is 396 g/mol.